The van der Waals surface area contributed by atoms with Gasteiger partial charge >= 0.3 is 0 Å². The summed E-state index contributed by atoms with van der Waals surface area (Å²) in [6.45, 7) is 6.78. The Bertz CT molecular complexity index is 452. The lowest BCUT2D eigenvalue weighted by Gasteiger charge is -2.27. The quantitative estimate of drug-likeness (QED) is 0.891. The molecule has 1 aromatic carbocycles. The number of methoxy groups -OCH3 is 1. The number of nitriles is 1. The molecule has 0 aliphatic heterocycles. The average Bonchev–Trinajstić information content (AvgIpc) is 2.35. The second-order valence-electron chi connectivity index (χ2n) is 4.96. The van der Waals surface area contributed by atoms with Gasteiger partial charge in [0.05, 0.1) is 24.2 Å². The smallest absolute Gasteiger partial charge is 0.137 e. The summed E-state index contributed by atoms with van der Waals surface area (Å²) in [5, 5.41) is 12.6. The zero-order valence-corrected chi connectivity index (χ0v) is 12.0. The Hall–Kier alpha value is -1.24. The maximum atomic E-state index is 8.76. The molecule has 0 aromatic heterocycles. The van der Waals surface area contributed by atoms with Gasteiger partial charge in [0.1, 0.15) is 5.75 Å². The Kier molecular flexibility index (Phi) is 5.01. The number of hydrogen-bond acceptors (Lipinski definition) is 3. The maximum Gasteiger partial charge on any atom is 0.137 e. The van der Waals surface area contributed by atoms with Crippen molar-refractivity contribution in [3.05, 3.63) is 28.8 Å². The summed E-state index contributed by atoms with van der Waals surface area (Å²) < 4.78 is 5.14. The molecule has 1 rings (SSSR count). The van der Waals surface area contributed by atoms with Crippen LogP contribution in [0.1, 0.15) is 26.3 Å². The number of halogens is 1. The van der Waals surface area contributed by atoms with Crippen molar-refractivity contribution < 1.29 is 4.74 Å². The third-order valence-electron chi connectivity index (χ3n) is 2.98. The highest BCUT2D eigenvalue weighted by molar-refractivity contribution is 6.32. The zero-order chi connectivity index (χ0) is 13.8. The van der Waals surface area contributed by atoms with E-state index in [0.29, 0.717) is 17.3 Å². The Balaban J connectivity index is 2.85. The number of nitrogens with one attached hydrogen (secondary N) is 1. The van der Waals surface area contributed by atoms with Crippen LogP contribution >= 0.6 is 11.6 Å². The van der Waals surface area contributed by atoms with Crippen LogP contribution in [0.5, 0.6) is 5.75 Å². The number of hydrogen-bond donors (Lipinski definition) is 1. The van der Waals surface area contributed by atoms with Crippen molar-refractivity contribution in [2.24, 2.45) is 0 Å². The van der Waals surface area contributed by atoms with Gasteiger partial charge in [-0.25, -0.2) is 0 Å². The van der Waals surface area contributed by atoms with Crippen LogP contribution in [0.4, 0.5) is 0 Å². The van der Waals surface area contributed by atoms with E-state index in [4.69, 9.17) is 21.6 Å². The van der Waals surface area contributed by atoms with Crippen LogP contribution in [0.2, 0.25) is 5.02 Å². The van der Waals surface area contributed by atoms with Gasteiger partial charge in [-0.1, -0.05) is 31.5 Å². The van der Waals surface area contributed by atoms with Gasteiger partial charge in [0.15, 0.2) is 0 Å². The standard InChI is InChI=1S/C14H19ClN2O/c1-10(8-16)17-9-14(2,3)11-5-6-13(18-4)12(15)7-11/h5-7,10,17H,9H2,1-4H3. The lowest BCUT2D eigenvalue weighted by Crippen LogP contribution is -2.37. The van der Waals surface area contributed by atoms with Crippen LogP contribution in [0, 0.1) is 11.3 Å². The third-order valence-corrected chi connectivity index (χ3v) is 3.27. The van der Waals surface area contributed by atoms with Crippen LogP contribution in [0.15, 0.2) is 18.2 Å². The summed E-state index contributed by atoms with van der Waals surface area (Å²) in [6.07, 6.45) is 0. The molecule has 3 nitrogen and oxygen atoms in total. The normalized spacial score (nSPS) is 12.9. The van der Waals surface area contributed by atoms with Gasteiger partial charge in [0.2, 0.25) is 0 Å². The maximum absolute atomic E-state index is 8.76. The zero-order valence-electron chi connectivity index (χ0n) is 11.2. The van der Waals surface area contributed by atoms with E-state index in [1.807, 2.05) is 25.1 Å². The number of nitrogens with zero attached hydrogens (tertiary/aromatic N) is 1. The number of benzene rings is 1. The van der Waals surface area contributed by atoms with Gasteiger partial charge in [-0.3, -0.25) is 0 Å². The molecular formula is C14H19ClN2O. The van der Waals surface area contributed by atoms with Gasteiger partial charge in [-0.05, 0) is 24.6 Å². The van der Waals surface area contributed by atoms with E-state index in [-0.39, 0.29) is 11.5 Å². The Morgan fingerprint density at radius 1 is 1.50 bits per heavy atom. The largest absolute Gasteiger partial charge is 0.495 e. The topological polar surface area (TPSA) is 45.0 Å². The molecule has 1 N–H and O–H groups in total. The molecular weight excluding hydrogens is 248 g/mol. The lowest BCUT2D eigenvalue weighted by atomic mass is 9.84. The SMILES string of the molecule is COc1ccc(C(C)(C)CNC(C)C#N)cc1Cl. The first-order valence-corrected chi connectivity index (χ1v) is 6.25. The van der Waals surface area contributed by atoms with Gasteiger partial charge in [-0.2, -0.15) is 5.26 Å². The predicted molar refractivity (Wildman–Crippen MR) is 74.1 cm³/mol. The van der Waals surface area contributed by atoms with E-state index in [2.05, 4.69) is 25.2 Å². The molecule has 0 fully saturated rings. The predicted octanol–water partition coefficient (Wildman–Crippen LogP) is 3.13. The molecule has 1 unspecified atom stereocenters. The molecule has 0 heterocycles. The minimum absolute atomic E-state index is 0.0962. The molecule has 18 heavy (non-hydrogen) atoms. The van der Waals surface area contributed by atoms with E-state index in [0.717, 1.165) is 5.56 Å². The third kappa shape index (κ3) is 3.63. The molecule has 0 bridgehead atoms. The average molecular weight is 267 g/mol. The van der Waals surface area contributed by atoms with Crippen LogP contribution < -0.4 is 10.1 Å². The fourth-order valence-electron chi connectivity index (χ4n) is 1.64. The molecule has 0 spiro atoms. The number of ether oxygens (including phenoxy) is 1. The van der Waals surface area contributed by atoms with Gasteiger partial charge in [0.25, 0.3) is 0 Å². The van der Waals surface area contributed by atoms with E-state index in [9.17, 15) is 0 Å². The number of rotatable bonds is 5. The summed E-state index contributed by atoms with van der Waals surface area (Å²) in [5.74, 6) is 0.676. The highest BCUT2D eigenvalue weighted by atomic mass is 35.5. The molecule has 1 atom stereocenters. The second-order valence-corrected chi connectivity index (χ2v) is 5.37. The van der Waals surface area contributed by atoms with Crippen LogP contribution in [-0.2, 0) is 5.41 Å². The molecule has 0 saturated carbocycles. The fraction of sp³-hybridized carbons (Fsp3) is 0.500. The molecule has 4 heteroatoms. The van der Waals surface area contributed by atoms with Crippen LogP contribution in [-0.4, -0.2) is 19.7 Å². The Morgan fingerprint density at radius 2 is 2.17 bits per heavy atom. The minimum atomic E-state index is -0.155. The first-order valence-electron chi connectivity index (χ1n) is 5.87. The van der Waals surface area contributed by atoms with Crippen molar-refractivity contribution in [1.29, 1.82) is 5.26 Å². The van der Waals surface area contributed by atoms with Crippen LogP contribution in [0.25, 0.3) is 0 Å². The molecule has 0 radical (unpaired) electrons. The first-order chi connectivity index (χ1) is 8.40. The van der Waals surface area contributed by atoms with E-state index >= 15 is 0 Å². The summed E-state index contributed by atoms with van der Waals surface area (Å²) in [6, 6.07) is 7.79. The minimum Gasteiger partial charge on any atom is -0.495 e. The Labute approximate surface area is 114 Å². The van der Waals surface area contributed by atoms with Crippen molar-refractivity contribution in [1.82, 2.24) is 5.32 Å². The van der Waals surface area contributed by atoms with Crippen LogP contribution in [0.3, 0.4) is 0 Å². The summed E-state index contributed by atoms with van der Waals surface area (Å²) in [5.41, 5.74) is 1.02. The van der Waals surface area contributed by atoms with E-state index < -0.39 is 0 Å². The summed E-state index contributed by atoms with van der Waals surface area (Å²) in [4.78, 5) is 0. The van der Waals surface area contributed by atoms with Crippen molar-refractivity contribution in [2.45, 2.75) is 32.2 Å². The second kappa shape index (κ2) is 6.08. The van der Waals surface area contributed by atoms with Crippen molar-refractivity contribution >= 4 is 11.6 Å². The van der Waals surface area contributed by atoms with Gasteiger partial charge in [0, 0.05) is 12.0 Å². The van der Waals surface area contributed by atoms with Gasteiger partial charge in [-0.15, -0.1) is 0 Å². The van der Waals surface area contributed by atoms with E-state index in [1.54, 1.807) is 7.11 Å². The summed E-state index contributed by atoms with van der Waals surface area (Å²) >= 11 is 6.13. The highest BCUT2D eigenvalue weighted by Gasteiger charge is 2.22. The summed E-state index contributed by atoms with van der Waals surface area (Å²) in [7, 11) is 1.60. The van der Waals surface area contributed by atoms with Gasteiger partial charge < -0.3 is 10.1 Å². The van der Waals surface area contributed by atoms with Crippen molar-refractivity contribution in [3.8, 4) is 11.8 Å². The first kappa shape index (κ1) is 14.8. The molecule has 0 aliphatic rings. The van der Waals surface area contributed by atoms with Crippen molar-refractivity contribution in [3.63, 3.8) is 0 Å². The molecule has 0 saturated heterocycles. The van der Waals surface area contributed by atoms with E-state index in [1.165, 1.54) is 0 Å². The molecule has 98 valence electrons. The highest BCUT2D eigenvalue weighted by Crippen LogP contribution is 2.31. The lowest BCUT2D eigenvalue weighted by molar-refractivity contribution is 0.413. The fourth-order valence-corrected chi connectivity index (χ4v) is 1.90. The monoisotopic (exact) mass is 266 g/mol. The van der Waals surface area contributed by atoms with Crippen molar-refractivity contribution in [2.75, 3.05) is 13.7 Å². The Morgan fingerprint density at radius 3 is 2.67 bits per heavy atom. The molecule has 1 aromatic rings. The molecule has 0 aliphatic carbocycles. The molecule has 0 amide bonds.